The van der Waals surface area contributed by atoms with Crippen LogP contribution in [0.2, 0.25) is 0 Å². The third kappa shape index (κ3) is 9.21. The number of rotatable bonds is 11. The van der Waals surface area contributed by atoms with Gasteiger partial charge in [0.05, 0.1) is 13.2 Å². The predicted octanol–water partition coefficient (Wildman–Crippen LogP) is 5.98. The molecule has 4 N–H and O–H groups in total. The number of anilines is 3. The monoisotopic (exact) mass is 505 g/mol. The number of hydrogen-bond acceptors (Lipinski definition) is 5. The minimum atomic E-state index is -0.850. The zero-order valence-corrected chi connectivity index (χ0v) is 20.9. The van der Waals surface area contributed by atoms with Crippen LogP contribution in [0.5, 0.6) is 5.75 Å². The largest absolute Gasteiger partial charge is 0.494 e. The minimum Gasteiger partial charge on any atom is -0.494 e. The highest BCUT2D eigenvalue weighted by molar-refractivity contribution is 6.00. The molecule has 9 nitrogen and oxygen atoms in total. The van der Waals surface area contributed by atoms with E-state index in [9.17, 15) is 14.4 Å². The number of hydrogen-bond donors (Lipinski definition) is 4. The molecule has 0 aromatic heterocycles. The number of aryl methyl sites for hydroxylation is 2. The summed E-state index contributed by atoms with van der Waals surface area (Å²) in [5, 5.41) is 17.0. The fourth-order valence-corrected chi connectivity index (χ4v) is 3.49. The van der Waals surface area contributed by atoms with Gasteiger partial charge in [0.1, 0.15) is 5.75 Å². The Hall–Kier alpha value is -4.53. The molecule has 194 valence electrons. The smallest absolute Gasteiger partial charge is 0.411 e. The standard InChI is InChI=1S/C28H31N3O6/c1-19-7-3-4-10-24(19)30-27(34)29-22-12-13-25(20(2)17-22)31-28(35)37-16-14-21-8-5-9-23(18-21)36-15-6-11-26(32)33/h3-5,7-10,12-13,17-18H,6,11,14-16H2,1-2H3,(H,31,35)(H,32,33)(H2,29,30,34). The Morgan fingerprint density at radius 3 is 2.35 bits per heavy atom. The SMILES string of the molecule is Cc1ccccc1NC(=O)Nc1ccc(NC(=O)OCCc2cccc(OCCCC(=O)O)c2)c(C)c1. The van der Waals surface area contributed by atoms with Gasteiger partial charge in [-0.3, -0.25) is 10.1 Å². The van der Waals surface area contributed by atoms with E-state index in [1.807, 2.05) is 56.3 Å². The summed E-state index contributed by atoms with van der Waals surface area (Å²) in [6.45, 7) is 4.23. The summed E-state index contributed by atoms with van der Waals surface area (Å²) in [5.74, 6) is -0.207. The van der Waals surface area contributed by atoms with Gasteiger partial charge in [0.15, 0.2) is 0 Å². The normalized spacial score (nSPS) is 10.3. The van der Waals surface area contributed by atoms with Crippen LogP contribution in [0.15, 0.2) is 66.7 Å². The molecule has 37 heavy (non-hydrogen) atoms. The first-order valence-corrected chi connectivity index (χ1v) is 11.9. The highest BCUT2D eigenvalue weighted by Crippen LogP contribution is 2.21. The lowest BCUT2D eigenvalue weighted by atomic mass is 10.1. The summed E-state index contributed by atoms with van der Waals surface area (Å²) >= 11 is 0. The topological polar surface area (TPSA) is 126 Å². The van der Waals surface area contributed by atoms with E-state index in [0.29, 0.717) is 36.6 Å². The predicted molar refractivity (Wildman–Crippen MR) is 142 cm³/mol. The van der Waals surface area contributed by atoms with Gasteiger partial charge >= 0.3 is 18.1 Å². The molecule has 0 aliphatic carbocycles. The Bertz CT molecular complexity index is 1240. The van der Waals surface area contributed by atoms with Crippen molar-refractivity contribution in [2.45, 2.75) is 33.1 Å². The quantitative estimate of drug-likeness (QED) is 0.237. The van der Waals surface area contributed by atoms with E-state index in [2.05, 4.69) is 16.0 Å². The summed E-state index contributed by atoms with van der Waals surface area (Å²) in [5.41, 5.74) is 4.55. The van der Waals surface area contributed by atoms with Crippen molar-refractivity contribution in [1.29, 1.82) is 0 Å². The summed E-state index contributed by atoms with van der Waals surface area (Å²) in [7, 11) is 0. The molecule has 0 unspecified atom stereocenters. The van der Waals surface area contributed by atoms with Gasteiger partial charge in [0, 0.05) is 29.9 Å². The fourth-order valence-electron chi connectivity index (χ4n) is 3.49. The first-order chi connectivity index (χ1) is 17.8. The molecule has 3 rings (SSSR count). The van der Waals surface area contributed by atoms with Crippen LogP contribution in [0.3, 0.4) is 0 Å². The number of carboxylic acid groups (broad SMARTS) is 1. The van der Waals surface area contributed by atoms with E-state index >= 15 is 0 Å². The van der Waals surface area contributed by atoms with E-state index in [1.165, 1.54) is 0 Å². The summed E-state index contributed by atoms with van der Waals surface area (Å²) in [6, 6.07) is 19.7. The Labute approximate surface area is 215 Å². The van der Waals surface area contributed by atoms with Crippen molar-refractivity contribution in [3.63, 3.8) is 0 Å². The summed E-state index contributed by atoms with van der Waals surface area (Å²) in [6.07, 6.45) is 0.407. The first kappa shape index (κ1) is 27.1. The highest BCUT2D eigenvalue weighted by Gasteiger charge is 2.09. The number of urea groups is 1. The molecular formula is C28H31N3O6. The van der Waals surface area contributed by atoms with Crippen LogP contribution >= 0.6 is 0 Å². The summed E-state index contributed by atoms with van der Waals surface area (Å²) < 4.78 is 10.9. The second-order valence-corrected chi connectivity index (χ2v) is 8.43. The van der Waals surface area contributed by atoms with E-state index in [0.717, 1.165) is 22.4 Å². The van der Waals surface area contributed by atoms with Gasteiger partial charge in [0.2, 0.25) is 0 Å². The molecule has 3 aromatic rings. The maximum absolute atomic E-state index is 12.3. The number of amides is 3. The lowest BCUT2D eigenvalue weighted by Crippen LogP contribution is -2.20. The van der Waals surface area contributed by atoms with Crippen molar-refractivity contribution in [3.05, 3.63) is 83.4 Å². The van der Waals surface area contributed by atoms with Crippen LogP contribution in [-0.2, 0) is 16.0 Å². The molecule has 0 atom stereocenters. The van der Waals surface area contributed by atoms with Crippen molar-refractivity contribution < 1.29 is 29.0 Å². The Morgan fingerprint density at radius 1 is 0.811 bits per heavy atom. The second-order valence-electron chi connectivity index (χ2n) is 8.43. The average Bonchev–Trinajstić information content (AvgIpc) is 2.85. The minimum absolute atomic E-state index is 0.0602. The molecular weight excluding hydrogens is 474 g/mol. The first-order valence-electron chi connectivity index (χ1n) is 11.9. The van der Waals surface area contributed by atoms with Gasteiger partial charge in [-0.15, -0.1) is 0 Å². The Kier molecular flexibility index (Phi) is 9.90. The van der Waals surface area contributed by atoms with Gasteiger partial charge < -0.3 is 25.2 Å². The Morgan fingerprint density at radius 2 is 1.59 bits per heavy atom. The molecule has 9 heteroatoms. The molecule has 0 fully saturated rings. The third-order valence-electron chi connectivity index (χ3n) is 5.44. The van der Waals surface area contributed by atoms with E-state index in [1.54, 1.807) is 24.3 Å². The number of nitrogens with one attached hydrogen (secondary N) is 3. The molecule has 0 aliphatic rings. The average molecular weight is 506 g/mol. The molecule has 0 aliphatic heterocycles. The lowest BCUT2D eigenvalue weighted by Gasteiger charge is -2.13. The Balaban J connectivity index is 1.43. The van der Waals surface area contributed by atoms with Crippen LogP contribution < -0.4 is 20.7 Å². The van der Waals surface area contributed by atoms with Crippen LogP contribution in [0.4, 0.5) is 26.7 Å². The number of ether oxygens (including phenoxy) is 2. The number of benzene rings is 3. The van der Waals surface area contributed by atoms with Gasteiger partial charge in [-0.05, 0) is 73.4 Å². The fraction of sp³-hybridized carbons (Fsp3) is 0.250. The number of carboxylic acids is 1. The molecule has 0 spiro atoms. The van der Waals surface area contributed by atoms with Gasteiger partial charge in [-0.2, -0.15) is 0 Å². The molecule has 3 aromatic carbocycles. The van der Waals surface area contributed by atoms with Crippen molar-refractivity contribution in [2.24, 2.45) is 0 Å². The zero-order chi connectivity index (χ0) is 26.6. The lowest BCUT2D eigenvalue weighted by molar-refractivity contribution is -0.137. The van der Waals surface area contributed by atoms with Crippen molar-refractivity contribution in [1.82, 2.24) is 0 Å². The van der Waals surface area contributed by atoms with Crippen molar-refractivity contribution in [3.8, 4) is 5.75 Å². The van der Waals surface area contributed by atoms with Gasteiger partial charge in [-0.25, -0.2) is 9.59 Å². The van der Waals surface area contributed by atoms with Crippen molar-refractivity contribution >= 4 is 35.2 Å². The van der Waals surface area contributed by atoms with Crippen LogP contribution in [-0.4, -0.2) is 36.4 Å². The number of carbonyl (C=O) groups is 3. The van der Waals surface area contributed by atoms with Gasteiger partial charge in [0.25, 0.3) is 0 Å². The number of para-hydroxylation sites is 1. The second kappa shape index (κ2) is 13.5. The van der Waals surface area contributed by atoms with Gasteiger partial charge in [-0.1, -0.05) is 30.3 Å². The highest BCUT2D eigenvalue weighted by atomic mass is 16.5. The number of aliphatic carboxylic acids is 1. The molecule has 0 bridgehead atoms. The third-order valence-corrected chi connectivity index (χ3v) is 5.44. The molecule has 0 saturated heterocycles. The maximum atomic E-state index is 12.3. The number of carbonyl (C=O) groups excluding carboxylic acids is 2. The maximum Gasteiger partial charge on any atom is 0.411 e. The molecule has 0 radical (unpaired) electrons. The molecule has 0 saturated carbocycles. The molecule has 3 amide bonds. The van der Waals surface area contributed by atoms with E-state index in [-0.39, 0.29) is 19.1 Å². The van der Waals surface area contributed by atoms with E-state index in [4.69, 9.17) is 14.6 Å². The molecule has 0 heterocycles. The van der Waals surface area contributed by atoms with Crippen LogP contribution in [0, 0.1) is 13.8 Å². The zero-order valence-electron chi connectivity index (χ0n) is 20.9. The van der Waals surface area contributed by atoms with Crippen LogP contribution in [0.1, 0.15) is 29.5 Å². The summed E-state index contributed by atoms with van der Waals surface area (Å²) in [4.78, 5) is 35.1. The van der Waals surface area contributed by atoms with E-state index < -0.39 is 12.1 Å². The van der Waals surface area contributed by atoms with Crippen molar-refractivity contribution in [2.75, 3.05) is 29.2 Å². The van der Waals surface area contributed by atoms with Crippen LogP contribution in [0.25, 0.3) is 0 Å².